The first kappa shape index (κ1) is 10.1. The molecule has 0 amide bonds. The van der Waals surface area contributed by atoms with E-state index in [-0.39, 0.29) is 5.56 Å². The summed E-state index contributed by atoms with van der Waals surface area (Å²) < 4.78 is 38.0. The van der Waals surface area contributed by atoms with E-state index in [0.29, 0.717) is 12.1 Å². The average Bonchev–Trinajstić information content (AvgIpc) is 1.94. The lowest BCUT2D eigenvalue weighted by Gasteiger charge is -2.18. The van der Waals surface area contributed by atoms with Crippen molar-refractivity contribution in [3.8, 4) is 0 Å². The fourth-order valence-corrected chi connectivity index (χ4v) is 0.991. The second-order valence-electron chi connectivity index (χ2n) is 3.31. The summed E-state index contributed by atoms with van der Waals surface area (Å²) in [6.45, 7) is 2.59. The Kier molecular flexibility index (Phi) is 2.34. The van der Waals surface area contributed by atoms with Gasteiger partial charge in [-0.15, -0.1) is 0 Å². The number of halogens is 3. The van der Waals surface area contributed by atoms with E-state index in [2.05, 4.69) is 0 Å². The summed E-state index contributed by atoms with van der Waals surface area (Å²) in [5, 5.41) is 9.36. The van der Waals surface area contributed by atoms with Crippen LogP contribution in [0.2, 0.25) is 0 Å². The minimum atomic E-state index is -1.52. The van der Waals surface area contributed by atoms with Gasteiger partial charge >= 0.3 is 0 Å². The maximum atomic E-state index is 13.0. The third-order valence-electron chi connectivity index (χ3n) is 1.67. The first-order chi connectivity index (χ1) is 5.82. The molecule has 1 rings (SSSR count). The normalized spacial score (nSPS) is 11.8. The maximum Gasteiger partial charge on any atom is 0.161 e. The fourth-order valence-electron chi connectivity index (χ4n) is 0.991. The molecule has 0 spiro atoms. The van der Waals surface area contributed by atoms with Crippen molar-refractivity contribution < 1.29 is 18.3 Å². The van der Waals surface area contributed by atoms with Crippen LogP contribution in [-0.2, 0) is 5.60 Å². The SMILES string of the molecule is CC(C)(O)c1cc(F)c(F)cc1F. The minimum absolute atomic E-state index is 0.258. The summed E-state index contributed by atoms with van der Waals surface area (Å²) in [5.41, 5.74) is -1.77. The monoisotopic (exact) mass is 190 g/mol. The Morgan fingerprint density at radius 2 is 1.46 bits per heavy atom. The molecule has 0 heterocycles. The van der Waals surface area contributed by atoms with Gasteiger partial charge in [-0.3, -0.25) is 0 Å². The van der Waals surface area contributed by atoms with Crippen LogP contribution in [0.15, 0.2) is 12.1 Å². The molecule has 0 radical (unpaired) electrons. The van der Waals surface area contributed by atoms with Crippen molar-refractivity contribution in [1.82, 2.24) is 0 Å². The molecule has 1 nitrogen and oxygen atoms in total. The number of hydrogen-bond acceptors (Lipinski definition) is 1. The highest BCUT2D eigenvalue weighted by molar-refractivity contribution is 5.24. The van der Waals surface area contributed by atoms with Crippen molar-refractivity contribution in [2.75, 3.05) is 0 Å². The van der Waals surface area contributed by atoms with Crippen LogP contribution < -0.4 is 0 Å². The average molecular weight is 190 g/mol. The summed E-state index contributed by atoms with van der Waals surface area (Å²) in [7, 11) is 0. The third-order valence-corrected chi connectivity index (χ3v) is 1.67. The first-order valence-electron chi connectivity index (χ1n) is 3.70. The van der Waals surface area contributed by atoms with Crippen LogP contribution in [0.4, 0.5) is 13.2 Å². The van der Waals surface area contributed by atoms with Gasteiger partial charge in [-0.2, -0.15) is 0 Å². The molecule has 0 aliphatic carbocycles. The molecular weight excluding hydrogens is 181 g/mol. The van der Waals surface area contributed by atoms with Gasteiger partial charge in [-0.1, -0.05) is 0 Å². The van der Waals surface area contributed by atoms with E-state index in [1.54, 1.807) is 0 Å². The Hall–Kier alpha value is -1.03. The van der Waals surface area contributed by atoms with Gasteiger partial charge in [-0.25, -0.2) is 13.2 Å². The van der Waals surface area contributed by atoms with E-state index in [1.165, 1.54) is 13.8 Å². The van der Waals surface area contributed by atoms with E-state index in [0.717, 1.165) is 0 Å². The molecule has 0 unspecified atom stereocenters. The molecule has 0 bridgehead atoms. The van der Waals surface area contributed by atoms with Crippen molar-refractivity contribution in [2.24, 2.45) is 0 Å². The molecule has 0 aromatic heterocycles. The van der Waals surface area contributed by atoms with Crippen LogP contribution in [0.25, 0.3) is 0 Å². The fraction of sp³-hybridized carbons (Fsp3) is 0.333. The lowest BCUT2D eigenvalue weighted by Crippen LogP contribution is -2.18. The Morgan fingerprint density at radius 1 is 1.00 bits per heavy atom. The summed E-state index contributed by atoms with van der Waals surface area (Å²) in [6, 6.07) is 1.08. The lowest BCUT2D eigenvalue weighted by atomic mass is 9.98. The van der Waals surface area contributed by atoms with E-state index in [1.807, 2.05) is 0 Å². The summed E-state index contributed by atoms with van der Waals surface area (Å²) in [4.78, 5) is 0. The van der Waals surface area contributed by atoms with Crippen LogP contribution in [0.5, 0.6) is 0 Å². The molecule has 0 atom stereocenters. The molecule has 1 aromatic carbocycles. The van der Waals surface area contributed by atoms with Gasteiger partial charge in [0.15, 0.2) is 11.6 Å². The largest absolute Gasteiger partial charge is 0.386 e. The molecular formula is C9H9F3O. The molecule has 1 N–H and O–H groups in total. The summed E-state index contributed by atoms with van der Waals surface area (Å²) in [5.74, 6) is -3.38. The Labute approximate surface area is 73.8 Å². The molecule has 13 heavy (non-hydrogen) atoms. The zero-order chi connectivity index (χ0) is 10.2. The highest BCUT2D eigenvalue weighted by Gasteiger charge is 2.22. The summed E-state index contributed by atoms with van der Waals surface area (Å²) >= 11 is 0. The number of aliphatic hydroxyl groups is 1. The van der Waals surface area contributed by atoms with Crippen LogP contribution in [0.1, 0.15) is 19.4 Å². The van der Waals surface area contributed by atoms with E-state index in [9.17, 15) is 18.3 Å². The van der Waals surface area contributed by atoms with Crippen molar-refractivity contribution in [1.29, 1.82) is 0 Å². The molecule has 0 saturated heterocycles. The molecule has 0 aliphatic rings. The Morgan fingerprint density at radius 3 is 1.92 bits per heavy atom. The minimum Gasteiger partial charge on any atom is -0.386 e. The van der Waals surface area contributed by atoms with Gasteiger partial charge in [-0.05, 0) is 19.9 Å². The van der Waals surface area contributed by atoms with Gasteiger partial charge in [0.1, 0.15) is 5.82 Å². The smallest absolute Gasteiger partial charge is 0.161 e. The predicted octanol–water partition coefficient (Wildman–Crippen LogP) is 2.33. The maximum absolute atomic E-state index is 13.0. The lowest BCUT2D eigenvalue weighted by molar-refractivity contribution is 0.0739. The topological polar surface area (TPSA) is 20.2 Å². The van der Waals surface area contributed by atoms with Crippen molar-refractivity contribution in [3.05, 3.63) is 35.1 Å². The van der Waals surface area contributed by atoms with Gasteiger partial charge in [0, 0.05) is 11.6 Å². The quantitative estimate of drug-likeness (QED) is 0.674. The van der Waals surface area contributed by atoms with Crippen LogP contribution in [-0.4, -0.2) is 5.11 Å². The number of benzene rings is 1. The number of rotatable bonds is 1. The molecule has 4 heteroatoms. The molecule has 72 valence electrons. The zero-order valence-corrected chi connectivity index (χ0v) is 7.24. The van der Waals surface area contributed by atoms with Crippen LogP contribution in [0, 0.1) is 17.5 Å². The van der Waals surface area contributed by atoms with Crippen molar-refractivity contribution in [3.63, 3.8) is 0 Å². The second-order valence-corrected chi connectivity index (χ2v) is 3.31. The van der Waals surface area contributed by atoms with Crippen molar-refractivity contribution in [2.45, 2.75) is 19.4 Å². The first-order valence-corrected chi connectivity index (χ1v) is 3.70. The predicted molar refractivity (Wildman–Crippen MR) is 41.6 cm³/mol. The van der Waals surface area contributed by atoms with Crippen LogP contribution in [0.3, 0.4) is 0 Å². The molecule has 1 aromatic rings. The standard InChI is InChI=1S/C9H9F3O/c1-9(2,13)5-3-7(11)8(12)4-6(5)10/h3-4,13H,1-2H3. The van der Waals surface area contributed by atoms with Gasteiger partial charge in [0.05, 0.1) is 5.60 Å². The molecule has 0 aliphatic heterocycles. The second kappa shape index (κ2) is 3.03. The highest BCUT2D eigenvalue weighted by Crippen LogP contribution is 2.24. The molecule has 0 fully saturated rings. The number of hydrogen-bond donors (Lipinski definition) is 1. The van der Waals surface area contributed by atoms with E-state index in [4.69, 9.17) is 0 Å². The summed E-state index contributed by atoms with van der Waals surface area (Å²) in [6.07, 6.45) is 0. The highest BCUT2D eigenvalue weighted by atomic mass is 19.2. The third kappa shape index (κ3) is 2.01. The zero-order valence-electron chi connectivity index (χ0n) is 7.24. The van der Waals surface area contributed by atoms with E-state index < -0.39 is 23.1 Å². The molecule has 0 saturated carbocycles. The van der Waals surface area contributed by atoms with Gasteiger partial charge in [0.2, 0.25) is 0 Å². The Balaban J connectivity index is 3.32. The van der Waals surface area contributed by atoms with Crippen LogP contribution >= 0.6 is 0 Å². The van der Waals surface area contributed by atoms with E-state index >= 15 is 0 Å². The Bertz CT molecular complexity index is 328. The van der Waals surface area contributed by atoms with Gasteiger partial charge in [0.25, 0.3) is 0 Å². The van der Waals surface area contributed by atoms with Gasteiger partial charge < -0.3 is 5.11 Å². The van der Waals surface area contributed by atoms with Crippen molar-refractivity contribution >= 4 is 0 Å².